The van der Waals surface area contributed by atoms with E-state index >= 15 is 0 Å². The van der Waals surface area contributed by atoms with Crippen LogP contribution in [0.2, 0.25) is 5.02 Å². The maximum Gasteiger partial charge on any atom is 0.341 e. The number of benzene rings is 1. The lowest BCUT2D eigenvalue weighted by Gasteiger charge is -2.11. The van der Waals surface area contributed by atoms with Gasteiger partial charge in [-0.25, -0.2) is 4.79 Å². The summed E-state index contributed by atoms with van der Waals surface area (Å²) in [5.74, 6) is -1.21. The molecular weight excluding hydrogens is 254 g/mol. The molecule has 2 aromatic rings. The molecule has 5 heteroatoms. The summed E-state index contributed by atoms with van der Waals surface area (Å²) >= 11 is 6.04. The molecule has 18 heavy (non-hydrogen) atoms. The Kier molecular flexibility index (Phi) is 3.13. The molecule has 0 atom stereocenters. The Balaban J connectivity index is 2.99. The molecular formula is C13H12ClNO3. The smallest absolute Gasteiger partial charge is 0.341 e. The lowest BCUT2D eigenvalue weighted by Crippen LogP contribution is -2.18. The summed E-state index contributed by atoms with van der Waals surface area (Å²) in [7, 11) is 0. The van der Waals surface area contributed by atoms with Crippen LogP contribution in [0.25, 0.3) is 10.9 Å². The largest absolute Gasteiger partial charge is 0.477 e. The van der Waals surface area contributed by atoms with E-state index in [9.17, 15) is 9.59 Å². The normalized spacial score (nSPS) is 10.8. The Morgan fingerprint density at radius 1 is 1.44 bits per heavy atom. The van der Waals surface area contributed by atoms with Gasteiger partial charge in [-0.15, -0.1) is 0 Å². The number of pyridine rings is 1. The van der Waals surface area contributed by atoms with Gasteiger partial charge in [0.15, 0.2) is 0 Å². The molecule has 0 unspecified atom stereocenters. The predicted octanol–water partition coefficient (Wildman–Crippen LogP) is 2.68. The van der Waals surface area contributed by atoms with Crippen LogP contribution in [0.3, 0.4) is 0 Å². The van der Waals surface area contributed by atoms with E-state index in [4.69, 9.17) is 16.7 Å². The number of rotatable bonds is 2. The van der Waals surface area contributed by atoms with Crippen LogP contribution in [0.1, 0.15) is 22.8 Å². The average Bonchev–Trinajstić information content (AvgIpc) is 2.32. The highest BCUT2D eigenvalue weighted by molar-refractivity contribution is 6.32. The molecule has 0 spiro atoms. The van der Waals surface area contributed by atoms with Crippen LogP contribution in [-0.4, -0.2) is 15.6 Å². The number of fused-ring (bicyclic) bond motifs is 1. The van der Waals surface area contributed by atoms with Crippen molar-refractivity contribution < 1.29 is 9.90 Å². The number of nitrogens with zero attached hydrogens (tertiary/aromatic N) is 1. The van der Waals surface area contributed by atoms with E-state index < -0.39 is 11.4 Å². The van der Waals surface area contributed by atoms with Gasteiger partial charge in [0, 0.05) is 23.2 Å². The first-order valence-corrected chi connectivity index (χ1v) is 5.90. The maximum absolute atomic E-state index is 12.1. The fourth-order valence-electron chi connectivity index (χ4n) is 1.93. The Labute approximate surface area is 108 Å². The van der Waals surface area contributed by atoms with Crippen molar-refractivity contribution in [2.45, 2.75) is 20.4 Å². The van der Waals surface area contributed by atoms with Gasteiger partial charge in [-0.2, -0.15) is 0 Å². The molecule has 1 aromatic carbocycles. The fraction of sp³-hybridized carbons (Fsp3) is 0.231. The Bertz CT molecular complexity index is 703. The van der Waals surface area contributed by atoms with Gasteiger partial charge >= 0.3 is 5.97 Å². The first kappa shape index (κ1) is 12.6. The molecule has 0 saturated heterocycles. The average molecular weight is 266 g/mol. The summed E-state index contributed by atoms with van der Waals surface area (Å²) in [5.41, 5.74) is 0.725. The van der Waals surface area contributed by atoms with Gasteiger partial charge in [0.05, 0.1) is 5.52 Å². The zero-order valence-electron chi connectivity index (χ0n) is 10.0. The van der Waals surface area contributed by atoms with E-state index in [-0.39, 0.29) is 5.56 Å². The SMILES string of the molecule is CCn1cc(C(=O)O)c(=O)c2cc(C)c(Cl)cc21. The van der Waals surface area contributed by atoms with Crippen molar-refractivity contribution in [1.29, 1.82) is 0 Å². The molecule has 1 aromatic heterocycles. The Morgan fingerprint density at radius 2 is 2.11 bits per heavy atom. The second kappa shape index (κ2) is 4.46. The molecule has 0 aliphatic carbocycles. The number of halogens is 1. The van der Waals surface area contributed by atoms with E-state index in [0.717, 1.165) is 5.56 Å². The number of carboxylic acid groups (broad SMARTS) is 1. The van der Waals surface area contributed by atoms with Crippen LogP contribution in [0.15, 0.2) is 23.1 Å². The topological polar surface area (TPSA) is 59.3 Å². The number of aromatic nitrogens is 1. The van der Waals surface area contributed by atoms with Gasteiger partial charge in [-0.1, -0.05) is 11.6 Å². The number of aromatic carboxylic acids is 1. The highest BCUT2D eigenvalue weighted by Crippen LogP contribution is 2.22. The van der Waals surface area contributed by atoms with E-state index in [2.05, 4.69) is 0 Å². The third-order valence-electron chi connectivity index (χ3n) is 2.93. The van der Waals surface area contributed by atoms with Crippen molar-refractivity contribution in [3.63, 3.8) is 0 Å². The number of hydrogen-bond donors (Lipinski definition) is 1. The van der Waals surface area contributed by atoms with Crippen LogP contribution in [0.4, 0.5) is 0 Å². The minimum Gasteiger partial charge on any atom is -0.477 e. The van der Waals surface area contributed by atoms with Crippen LogP contribution >= 0.6 is 11.6 Å². The second-order valence-corrected chi connectivity index (χ2v) is 4.49. The van der Waals surface area contributed by atoms with Gasteiger partial charge in [0.25, 0.3) is 0 Å². The molecule has 0 fully saturated rings. The number of carboxylic acids is 1. The molecule has 0 aliphatic heterocycles. The molecule has 2 rings (SSSR count). The summed E-state index contributed by atoms with van der Waals surface area (Å²) in [6.07, 6.45) is 1.36. The minimum atomic E-state index is -1.21. The molecule has 0 radical (unpaired) electrons. The van der Waals surface area contributed by atoms with Gasteiger partial charge < -0.3 is 9.67 Å². The first-order valence-electron chi connectivity index (χ1n) is 5.52. The first-order chi connectivity index (χ1) is 8.45. The standard InChI is InChI=1S/C13H12ClNO3/c1-3-15-6-9(13(17)18)12(16)8-4-7(2)10(14)5-11(8)15/h4-6H,3H2,1-2H3,(H,17,18). The zero-order valence-corrected chi connectivity index (χ0v) is 10.8. The lowest BCUT2D eigenvalue weighted by molar-refractivity contribution is 0.0695. The van der Waals surface area contributed by atoms with Crippen LogP contribution < -0.4 is 5.43 Å². The summed E-state index contributed by atoms with van der Waals surface area (Å²) in [4.78, 5) is 23.1. The predicted molar refractivity (Wildman–Crippen MR) is 70.6 cm³/mol. The van der Waals surface area contributed by atoms with Crippen molar-refractivity contribution in [3.8, 4) is 0 Å². The van der Waals surface area contributed by atoms with Gasteiger partial charge in [0.2, 0.25) is 5.43 Å². The minimum absolute atomic E-state index is 0.217. The molecule has 0 saturated carbocycles. The highest BCUT2D eigenvalue weighted by atomic mass is 35.5. The molecule has 1 heterocycles. The molecule has 0 amide bonds. The van der Waals surface area contributed by atoms with Crippen LogP contribution in [0, 0.1) is 6.92 Å². The number of aryl methyl sites for hydroxylation is 2. The fourth-order valence-corrected chi connectivity index (χ4v) is 2.09. The zero-order chi connectivity index (χ0) is 13.4. The molecule has 4 nitrogen and oxygen atoms in total. The third kappa shape index (κ3) is 1.88. The molecule has 0 bridgehead atoms. The Hall–Kier alpha value is -1.81. The summed E-state index contributed by atoms with van der Waals surface area (Å²) in [5, 5.41) is 9.98. The monoisotopic (exact) mass is 265 g/mol. The summed E-state index contributed by atoms with van der Waals surface area (Å²) in [6.45, 7) is 4.23. The third-order valence-corrected chi connectivity index (χ3v) is 3.34. The van der Waals surface area contributed by atoms with Crippen LogP contribution in [-0.2, 0) is 6.54 Å². The highest BCUT2D eigenvalue weighted by Gasteiger charge is 2.14. The molecule has 94 valence electrons. The van der Waals surface area contributed by atoms with E-state index in [1.807, 2.05) is 6.92 Å². The maximum atomic E-state index is 12.1. The molecule has 1 N–H and O–H groups in total. The van der Waals surface area contributed by atoms with Crippen molar-refractivity contribution in [3.05, 3.63) is 44.7 Å². The van der Waals surface area contributed by atoms with E-state index in [1.54, 1.807) is 23.6 Å². The van der Waals surface area contributed by atoms with Crippen molar-refractivity contribution in [1.82, 2.24) is 4.57 Å². The van der Waals surface area contributed by atoms with Gasteiger partial charge in [-0.3, -0.25) is 4.79 Å². The summed E-state index contributed by atoms with van der Waals surface area (Å²) in [6, 6.07) is 3.33. The Morgan fingerprint density at radius 3 is 2.67 bits per heavy atom. The van der Waals surface area contributed by atoms with Crippen molar-refractivity contribution >= 4 is 28.5 Å². The quantitative estimate of drug-likeness (QED) is 0.908. The van der Waals surface area contributed by atoms with E-state index in [0.29, 0.717) is 22.5 Å². The summed E-state index contributed by atoms with van der Waals surface area (Å²) < 4.78 is 1.71. The van der Waals surface area contributed by atoms with Crippen molar-refractivity contribution in [2.75, 3.05) is 0 Å². The number of hydrogen-bond acceptors (Lipinski definition) is 2. The van der Waals surface area contributed by atoms with Crippen molar-refractivity contribution in [2.24, 2.45) is 0 Å². The second-order valence-electron chi connectivity index (χ2n) is 4.08. The lowest BCUT2D eigenvalue weighted by atomic mass is 10.1. The van der Waals surface area contributed by atoms with Gasteiger partial charge in [0.1, 0.15) is 5.56 Å². The van der Waals surface area contributed by atoms with Crippen LogP contribution in [0.5, 0.6) is 0 Å². The molecule has 0 aliphatic rings. The number of carbonyl (C=O) groups is 1. The van der Waals surface area contributed by atoms with Gasteiger partial charge in [-0.05, 0) is 31.5 Å². The van der Waals surface area contributed by atoms with E-state index in [1.165, 1.54) is 6.20 Å².